The Morgan fingerprint density at radius 1 is 0.750 bits per heavy atom. The Balaban J connectivity index is 1.27. The zero-order valence-electron chi connectivity index (χ0n) is 34.4. The van der Waals surface area contributed by atoms with Gasteiger partial charge in [-0.15, -0.1) is 0 Å². The summed E-state index contributed by atoms with van der Waals surface area (Å²) in [6.45, 7) is 17.9. The summed E-state index contributed by atoms with van der Waals surface area (Å²) in [5.41, 5.74) is -1.53. The van der Waals surface area contributed by atoms with E-state index in [-0.39, 0.29) is 46.0 Å². The van der Waals surface area contributed by atoms with E-state index < -0.39 is 97.8 Å². The van der Waals surface area contributed by atoms with E-state index in [1.54, 1.807) is 6.92 Å². The summed E-state index contributed by atoms with van der Waals surface area (Å²) in [5.74, 6) is -0.0991. The normalized spacial score (nSPS) is 51.9. The van der Waals surface area contributed by atoms with Gasteiger partial charge in [-0.05, 0) is 117 Å². The molecule has 2 heterocycles. The minimum absolute atomic E-state index is 0.152. The minimum Gasteiger partial charge on any atom is -0.394 e. The second-order valence-corrected chi connectivity index (χ2v) is 20.2. The summed E-state index contributed by atoms with van der Waals surface area (Å²) >= 11 is 0. The number of rotatable bonds is 11. The van der Waals surface area contributed by atoms with E-state index in [1.807, 2.05) is 6.92 Å². The zero-order valence-corrected chi connectivity index (χ0v) is 34.4. The Morgan fingerprint density at radius 3 is 1.88 bits per heavy atom. The van der Waals surface area contributed by atoms with Crippen LogP contribution in [0.5, 0.6) is 0 Å². The van der Waals surface area contributed by atoms with Crippen molar-refractivity contribution >= 4 is 0 Å². The van der Waals surface area contributed by atoms with Crippen molar-refractivity contribution in [2.45, 2.75) is 192 Å². The monoisotopic (exact) mass is 800 g/mol. The smallest absolute Gasteiger partial charge is 0.187 e. The molecular formula is C42H72O14. The zero-order chi connectivity index (χ0) is 41.5. The maximum Gasteiger partial charge on any atom is 0.187 e. The van der Waals surface area contributed by atoms with Gasteiger partial charge in [0.15, 0.2) is 12.6 Å². The first-order valence-corrected chi connectivity index (χ1v) is 21.0. The van der Waals surface area contributed by atoms with Gasteiger partial charge in [-0.2, -0.15) is 0 Å². The lowest BCUT2D eigenvalue weighted by Gasteiger charge is -2.71. The van der Waals surface area contributed by atoms with Crippen molar-refractivity contribution in [3.05, 3.63) is 12.2 Å². The number of ether oxygens (including phenoxy) is 4. The van der Waals surface area contributed by atoms with Crippen molar-refractivity contribution in [1.29, 1.82) is 0 Å². The molecule has 4 saturated carbocycles. The molecule has 10 N–H and O–H groups in total. The molecule has 14 heteroatoms. The van der Waals surface area contributed by atoms with Gasteiger partial charge in [0, 0.05) is 0 Å². The molecule has 0 spiro atoms. The first kappa shape index (κ1) is 44.7. The van der Waals surface area contributed by atoms with Crippen LogP contribution in [0, 0.1) is 45.3 Å². The Bertz CT molecular complexity index is 1390. The molecule has 0 aromatic rings. The van der Waals surface area contributed by atoms with Crippen LogP contribution in [0.4, 0.5) is 0 Å². The Labute approximate surface area is 331 Å². The molecule has 14 nitrogen and oxygen atoms in total. The van der Waals surface area contributed by atoms with E-state index in [1.165, 1.54) is 0 Å². The maximum atomic E-state index is 12.5. The molecule has 6 aliphatic rings. The molecule has 0 radical (unpaired) electrons. The molecule has 6 fully saturated rings. The summed E-state index contributed by atoms with van der Waals surface area (Å²) in [7, 11) is 0. The Hall–Kier alpha value is -0.820. The molecular weight excluding hydrogens is 728 g/mol. The molecule has 324 valence electrons. The minimum atomic E-state index is -1.61. The molecule has 56 heavy (non-hydrogen) atoms. The highest BCUT2D eigenvalue weighted by Gasteiger charge is 2.72. The van der Waals surface area contributed by atoms with Crippen LogP contribution in [0.1, 0.15) is 106 Å². The molecule has 2 saturated heterocycles. The Morgan fingerprint density at radius 2 is 1.30 bits per heavy atom. The maximum absolute atomic E-state index is 12.5. The molecule has 0 aromatic carbocycles. The van der Waals surface area contributed by atoms with E-state index >= 15 is 0 Å². The van der Waals surface area contributed by atoms with Crippen LogP contribution in [0.15, 0.2) is 12.2 Å². The van der Waals surface area contributed by atoms with Crippen LogP contribution in [0.25, 0.3) is 0 Å². The predicted molar refractivity (Wildman–Crippen MR) is 202 cm³/mol. The van der Waals surface area contributed by atoms with Gasteiger partial charge in [-0.25, -0.2) is 0 Å². The summed E-state index contributed by atoms with van der Waals surface area (Å²) < 4.78 is 24.8. The van der Waals surface area contributed by atoms with Gasteiger partial charge in [0.05, 0.1) is 37.1 Å². The van der Waals surface area contributed by atoms with Gasteiger partial charge < -0.3 is 70.0 Å². The molecule has 2 aliphatic heterocycles. The molecule has 0 aromatic heterocycles. The number of aliphatic hydroxyl groups excluding tert-OH is 10. The number of hydrogen-bond acceptors (Lipinski definition) is 14. The van der Waals surface area contributed by atoms with Gasteiger partial charge in [0.2, 0.25) is 0 Å². The largest absolute Gasteiger partial charge is 0.394 e. The van der Waals surface area contributed by atoms with E-state index in [0.717, 1.165) is 25.7 Å². The summed E-state index contributed by atoms with van der Waals surface area (Å²) in [5, 5.41) is 107. The average Bonchev–Trinajstić information content (AvgIpc) is 3.53. The van der Waals surface area contributed by atoms with Gasteiger partial charge >= 0.3 is 0 Å². The Kier molecular flexibility index (Phi) is 12.7. The van der Waals surface area contributed by atoms with Gasteiger partial charge in [-0.3, -0.25) is 0 Å². The first-order valence-electron chi connectivity index (χ1n) is 21.0. The van der Waals surface area contributed by atoms with E-state index in [9.17, 15) is 51.1 Å². The number of aliphatic hydroxyl groups is 10. The fourth-order valence-corrected chi connectivity index (χ4v) is 13.4. The molecule has 0 amide bonds. The van der Waals surface area contributed by atoms with E-state index in [0.29, 0.717) is 37.7 Å². The van der Waals surface area contributed by atoms with Crippen molar-refractivity contribution in [1.82, 2.24) is 0 Å². The number of hydrogen-bond donors (Lipinski definition) is 10. The topological polar surface area (TPSA) is 239 Å². The summed E-state index contributed by atoms with van der Waals surface area (Å²) in [6.07, 6.45) is -9.84. The lowest BCUT2D eigenvalue weighted by atomic mass is 9.35. The highest BCUT2D eigenvalue weighted by atomic mass is 16.7. The van der Waals surface area contributed by atoms with E-state index in [4.69, 9.17) is 18.9 Å². The first-order chi connectivity index (χ1) is 26.0. The second-order valence-electron chi connectivity index (χ2n) is 20.2. The van der Waals surface area contributed by atoms with Gasteiger partial charge in [0.25, 0.3) is 0 Å². The third-order valence-corrected chi connectivity index (χ3v) is 17.0. The summed E-state index contributed by atoms with van der Waals surface area (Å²) in [6, 6.07) is 0. The van der Waals surface area contributed by atoms with Crippen molar-refractivity contribution in [2.24, 2.45) is 45.3 Å². The van der Waals surface area contributed by atoms with Crippen molar-refractivity contribution in [2.75, 3.05) is 13.2 Å². The highest BCUT2D eigenvalue weighted by molar-refractivity contribution is 5.20. The van der Waals surface area contributed by atoms with E-state index in [2.05, 4.69) is 41.2 Å². The van der Waals surface area contributed by atoms with Crippen molar-refractivity contribution < 1.29 is 70.0 Å². The van der Waals surface area contributed by atoms with Crippen molar-refractivity contribution in [3.63, 3.8) is 0 Å². The van der Waals surface area contributed by atoms with Crippen LogP contribution in [-0.2, 0) is 18.9 Å². The van der Waals surface area contributed by atoms with Gasteiger partial charge in [-0.1, -0.05) is 46.8 Å². The highest BCUT2D eigenvalue weighted by Crippen LogP contribution is 2.76. The summed E-state index contributed by atoms with van der Waals surface area (Å²) in [4.78, 5) is 0. The van der Waals surface area contributed by atoms with Crippen LogP contribution in [0.3, 0.4) is 0 Å². The molecule has 0 unspecified atom stereocenters. The number of fused-ring (bicyclic) bond motifs is 5. The van der Waals surface area contributed by atoms with Crippen LogP contribution < -0.4 is 0 Å². The van der Waals surface area contributed by atoms with Crippen LogP contribution in [-0.4, -0.2) is 150 Å². The lowest BCUT2D eigenvalue weighted by Crippen LogP contribution is -2.67. The van der Waals surface area contributed by atoms with Crippen LogP contribution in [0.2, 0.25) is 0 Å². The van der Waals surface area contributed by atoms with Crippen molar-refractivity contribution in [3.8, 4) is 0 Å². The quantitative estimate of drug-likeness (QED) is 0.104. The third-order valence-electron chi connectivity index (χ3n) is 17.0. The molecule has 21 atom stereocenters. The lowest BCUT2D eigenvalue weighted by molar-refractivity contribution is -0.338. The second kappa shape index (κ2) is 15.9. The molecule has 0 bridgehead atoms. The third kappa shape index (κ3) is 7.06. The predicted octanol–water partition coefficient (Wildman–Crippen LogP) is 1.12. The fourth-order valence-electron chi connectivity index (χ4n) is 13.4. The molecule has 4 aliphatic carbocycles. The fraction of sp³-hybridized carbons (Fsp3) is 0.952. The standard InChI is InChI=1S/C42H72O14/c1-20(2)22(45)10-16-42(8,56-37-35(52)33(50)31(48)25(19-44)54-37)21-9-14-41(7)29(21)23(46)17-27-39(5)13-12-28(38(3,4)26(39)11-15-40(27,41)6)55-36-34(51)32(49)30(47)24(18-43)53-36/h21-37,43-52H,1,9-19H2,2-8H3/t21-,22-,23+,24+,25+,26-,27+,28-,29-,30+,31+,32-,33-,34+,35+,36-,37-,39-,40+,41+,42-/m0/s1. The van der Waals surface area contributed by atoms with Crippen LogP contribution >= 0.6 is 0 Å². The van der Waals surface area contributed by atoms with Gasteiger partial charge in [0.1, 0.15) is 48.8 Å². The average molecular weight is 801 g/mol. The SMILES string of the molecule is C=C(C)[C@@H](O)CC[C@](C)(O[C@@H]1O[C@H](CO)[C@@H](O)[C@H](O)[C@H]1O)[C@H]1CC[C@]2(C)[C@@H]1[C@H](O)C[C@@H]1[C@@]3(C)CC[C@H](O[C@@H]4O[C@H](CO)[C@@H](O)[C@H](O)[C@H]4O)C(C)(C)[C@@H]3CC[C@]12C. The molecule has 6 rings (SSSR count).